The van der Waals surface area contributed by atoms with E-state index in [1.54, 1.807) is 30.3 Å². The average Bonchev–Trinajstić information content (AvgIpc) is 2.89. The average molecular weight is 440 g/mol. The van der Waals surface area contributed by atoms with Crippen molar-refractivity contribution in [3.8, 4) is 5.75 Å². The maximum absolute atomic E-state index is 12.3. The van der Waals surface area contributed by atoms with Gasteiger partial charge in [0.15, 0.2) is 0 Å². The van der Waals surface area contributed by atoms with Crippen molar-refractivity contribution in [1.82, 2.24) is 4.90 Å². The van der Waals surface area contributed by atoms with Crippen LogP contribution in [-0.4, -0.2) is 40.6 Å². The lowest BCUT2D eigenvalue weighted by atomic mass is 10.3. The molecule has 0 aliphatic heterocycles. The van der Waals surface area contributed by atoms with Gasteiger partial charge >= 0.3 is 0 Å². The quantitative estimate of drug-likeness (QED) is 0.711. The summed E-state index contributed by atoms with van der Waals surface area (Å²) in [7, 11) is 0.254. The van der Waals surface area contributed by atoms with Crippen LogP contribution in [0.15, 0.2) is 38.3 Å². The lowest BCUT2D eigenvalue weighted by molar-refractivity contribution is 0.261. The molecule has 0 fully saturated rings. The van der Waals surface area contributed by atoms with E-state index >= 15 is 0 Å². The smallest absolute Gasteiger partial charge is 0.271 e. The Balaban J connectivity index is 2.14. The van der Waals surface area contributed by atoms with Crippen LogP contribution < -0.4 is 9.46 Å². The van der Waals surface area contributed by atoms with E-state index in [9.17, 15) is 8.42 Å². The minimum atomic E-state index is -3.62. The normalized spacial score (nSPS) is 11.7. The van der Waals surface area contributed by atoms with E-state index in [1.165, 1.54) is 0 Å². The Kier molecular flexibility index (Phi) is 6.33. The van der Waals surface area contributed by atoms with Crippen LogP contribution in [0, 0.1) is 0 Å². The lowest BCUT2D eigenvalue weighted by Gasteiger charge is -2.13. The molecule has 2 rings (SSSR count). The Hall–Kier alpha value is -0.800. The monoisotopic (exact) mass is 438 g/mol. The van der Waals surface area contributed by atoms with Crippen molar-refractivity contribution in [3.05, 3.63) is 39.1 Å². The van der Waals surface area contributed by atoms with Crippen LogP contribution in [0.2, 0.25) is 5.02 Å². The molecule has 0 amide bonds. The predicted octanol–water partition coefficient (Wildman–Crippen LogP) is 3.91. The predicted molar refractivity (Wildman–Crippen MR) is 98.3 cm³/mol. The third-order valence-corrected chi connectivity index (χ3v) is 6.60. The Morgan fingerprint density at radius 2 is 2.04 bits per heavy atom. The van der Waals surface area contributed by atoms with E-state index in [4.69, 9.17) is 16.3 Å². The highest BCUT2D eigenvalue weighted by molar-refractivity contribution is 9.11. The van der Waals surface area contributed by atoms with Gasteiger partial charge in [-0.2, -0.15) is 0 Å². The fraction of sp³-hybridized carbons (Fsp3) is 0.286. The molecule has 0 aliphatic carbocycles. The highest BCUT2D eigenvalue weighted by Gasteiger charge is 2.17. The standard InChI is InChI=1S/C14H16BrClN2O3S2/c1-18(2)7-8-21-12-9-10(3-4-11(12)16)17-23(19,20)14-6-5-13(15)22-14/h3-6,9,17H,7-8H2,1-2H3. The second kappa shape index (κ2) is 7.85. The van der Waals surface area contributed by atoms with Crippen molar-refractivity contribution < 1.29 is 13.2 Å². The number of nitrogens with zero attached hydrogens (tertiary/aromatic N) is 1. The zero-order valence-corrected chi connectivity index (χ0v) is 16.5. The summed E-state index contributed by atoms with van der Waals surface area (Å²) in [6, 6.07) is 8.02. The van der Waals surface area contributed by atoms with Crippen LogP contribution in [0.1, 0.15) is 0 Å². The fourth-order valence-corrected chi connectivity index (χ4v) is 4.89. The van der Waals surface area contributed by atoms with Gasteiger partial charge in [0, 0.05) is 12.6 Å². The zero-order valence-electron chi connectivity index (χ0n) is 12.5. The summed E-state index contributed by atoms with van der Waals surface area (Å²) in [6.07, 6.45) is 0. The molecule has 0 radical (unpaired) electrons. The van der Waals surface area contributed by atoms with Gasteiger partial charge in [0.05, 0.1) is 14.5 Å². The Bertz CT molecular complexity index is 778. The summed E-state index contributed by atoms with van der Waals surface area (Å²) in [4.78, 5) is 1.98. The van der Waals surface area contributed by atoms with Gasteiger partial charge in [-0.1, -0.05) is 11.6 Å². The van der Waals surface area contributed by atoms with E-state index in [-0.39, 0.29) is 4.21 Å². The highest BCUT2D eigenvalue weighted by Crippen LogP contribution is 2.31. The van der Waals surface area contributed by atoms with Gasteiger partial charge in [0.1, 0.15) is 16.6 Å². The summed E-state index contributed by atoms with van der Waals surface area (Å²) in [5, 5.41) is 0.436. The molecular weight excluding hydrogens is 424 g/mol. The van der Waals surface area contributed by atoms with Crippen LogP contribution in [0.4, 0.5) is 5.69 Å². The fourth-order valence-electron chi connectivity index (χ4n) is 1.66. The SMILES string of the molecule is CN(C)CCOc1cc(NS(=O)(=O)c2ccc(Br)s2)ccc1Cl. The van der Waals surface area contributed by atoms with Crippen molar-refractivity contribution in [1.29, 1.82) is 0 Å². The van der Waals surface area contributed by atoms with Gasteiger partial charge in [-0.05, 0) is 54.3 Å². The van der Waals surface area contributed by atoms with Gasteiger partial charge in [0.2, 0.25) is 0 Å². The van der Waals surface area contributed by atoms with Crippen molar-refractivity contribution in [3.63, 3.8) is 0 Å². The summed E-state index contributed by atoms with van der Waals surface area (Å²) in [5.74, 6) is 0.445. The van der Waals surface area contributed by atoms with Gasteiger partial charge in [-0.25, -0.2) is 8.42 Å². The summed E-state index contributed by atoms with van der Waals surface area (Å²) >= 11 is 10.5. The third kappa shape index (κ3) is 5.36. The first-order chi connectivity index (χ1) is 10.8. The van der Waals surface area contributed by atoms with Crippen LogP contribution in [0.3, 0.4) is 0 Å². The van der Waals surface area contributed by atoms with Crippen LogP contribution in [0.25, 0.3) is 0 Å². The van der Waals surface area contributed by atoms with Gasteiger partial charge in [-0.3, -0.25) is 4.72 Å². The molecule has 1 N–H and O–H groups in total. The Labute approximate surface area is 153 Å². The number of sulfonamides is 1. The van der Waals surface area contributed by atoms with Crippen LogP contribution in [0.5, 0.6) is 5.75 Å². The molecule has 1 aromatic heterocycles. The molecule has 0 saturated heterocycles. The number of ether oxygens (including phenoxy) is 1. The highest BCUT2D eigenvalue weighted by atomic mass is 79.9. The molecule has 0 bridgehead atoms. The second-order valence-corrected chi connectivity index (χ2v) is 9.74. The van der Waals surface area contributed by atoms with Gasteiger partial charge < -0.3 is 9.64 Å². The number of thiophene rings is 1. The number of hydrogen-bond acceptors (Lipinski definition) is 5. The molecule has 2 aromatic rings. The molecule has 1 heterocycles. The Morgan fingerprint density at radius 1 is 1.30 bits per heavy atom. The number of nitrogens with one attached hydrogen (secondary N) is 1. The van der Waals surface area contributed by atoms with E-state index in [0.717, 1.165) is 21.7 Å². The number of likely N-dealkylation sites (N-methyl/N-ethyl adjacent to an activating group) is 1. The number of anilines is 1. The van der Waals surface area contributed by atoms with E-state index in [1.807, 2.05) is 19.0 Å². The van der Waals surface area contributed by atoms with Crippen LogP contribution in [-0.2, 0) is 10.0 Å². The first kappa shape index (κ1) is 18.5. The molecule has 0 saturated carbocycles. The maximum atomic E-state index is 12.3. The first-order valence-corrected chi connectivity index (χ1v) is 10.1. The molecule has 5 nitrogen and oxygen atoms in total. The Morgan fingerprint density at radius 3 is 2.65 bits per heavy atom. The third-order valence-electron chi connectivity index (χ3n) is 2.79. The van der Waals surface area contributed by atoms with Gasteiger partial charge in [-0.15, -0.1) is 11.3 Å². The maximum Gasteiger partial charge on any atom is 0.271 e. The molecular formula is C14H16BrClN2O3S2. The van der Waals surface area contributed by atoms with Crippen molar-refractivity contribution in [2.45, 2.75) is 4.21 Å². The van der Waals surface area contributed by atoms with Crippen molar-refractivity contribution in [2.24, 2.45) is 0 Å². The molecule has 0 atom stereocenters. The summed E-state index contributed by atoms with van der Waals surface area (Å²) in [5.41, 5.74) is 0.402. The minimum absolute atomic E-state index is 0.231. The largest absolute Gasteiger partial charge is 0.491 e. The van der Waals surface area contributed by atoms with Gasteiger partial charge in [0.25, 0.3) is 10.0 Å². The molecule has 126 valence electrons. The lowest BCUT2D eigenvalue weighted by Crippen LogP contribution is -2.19. The number of hydrogen-bond donors (Lipinski definition) is 1. The number of halogens is 2. The van der Waals surface area contributed by atoms with E-state index < -0.39 is 10.0 Å². The van der Waals surface area contributed by atoms with E-state index in [2.05, 4.69) is 20.7 Å². The zero-order chi connectivity index (χ0) is 17.0. The van der Waals surface area contributed by atoms with Crippen LogP contribution >= 0.6 is 38.9 Å². The molecule has 0 unspecified atom stereocenters. The molecule has 9 heteroatoms. The topological polar surface area (TPSA) is 58.6 Å². The van der Waals surface area contributed by atoms with E-state index in [0.29, 0.717) is 23.1 Å². The molecule has 0 spiro atoms. The number of rotatable bonds is 7. The molecule has 23 heavy (non-hydrogen) atoms. The minimum Gasteiger partial charge on any atom is -0.491 e. The molecule has 0 aliphatic rings. The van der Waals surface area contributed by atoms with Crippen molar-refractivity contribution >= 4 is 54.6 Å². The summed E-state index contributed by atoms with van der Waals surface area (Å²) in [6.45, 7) is 1.19. The van der Waals surface area contributed by atoms with Crippen molar-refractivity contribution in [2.75, 3.05) is 32.0 Å². The summed E-state index contributed by atoms with van der Waals surface area (Å²) < 4.78 is 33.7. The molecule has 1 aromatic carbocycles. The number of benzene rings is 1. The second-order valence-electron chi connectivity index (χ2n) is 4.96. The first-order valence-electron chi connectivity index (χ1n) is 6.63.